The van der Waals surface area contributed by atoms with Gasteiger partial charge < -0.3 is 14.6 Å². The number of morpholine rings is 1. The Morgan fingerprint density at radius 3 is 2.84 bits per heavy atom. The fraction of sp³-hybridized carbons (Fsp3) is 0.500. The van der Waals surface area contributed by atoms with Crippen LogP contribution >= 0.6 is 0 Å². The molecule has 0 radical (unpaired) electrons. The number of aromatic nitrogens is 3. The maximum absolute atomic E-state index is 12.6. The van der Waals surface area contributed by atoms with Crippen molar-refractivity contribution < 1.29 is 9.53 Å². The van der Waals surface area contributed by atoms with Crippen LogP contribution in [-0.4, -0.2) is 69.0 Å². The molecule has 0 aliphatic carbocycles. The van der Waals surface area contributed by atoms with E-state index >= 15 is 0 Å². The van der Waals surface area contributed by atoms with E-state index in [0.717, 1.165) is 45.6 Å². The van der Waals surface area contributed by atoms with Crippen LogP contribution in [0.25, 0.3) is 0 Å². The summed E-state index contributed by atoms with van der Waals surface area (Å²) in [6.07, 6.45) is 8.80. The maximum atomic E-state index is 12.6. The molecule has 2 aromatic rings. The number of carbonyl (C=O) groups excluding carboxylic acids is 1. The number of nitrogens with one attached hydrogen (secondary N) is 1. The number of ether oxygens (including phenoxy) is 1. The van der Waals surface area contributed by atoms with Crippen molar-refractivity contribution in [2.24, 2.45) is 0 Å². The number of hydrogen-bond donors (Lipinski definition) is 1. The van der Waals surface area contributed by atoms with Gasteiger partial charge in [0.05, 0.1) is 25.2 Å². The molecule has 1 amide bonds. The lowest BCUT2D eigenvalue weighted by molar-refractivity contribution is -0.0746. The van der Waals surface area contributed by atoms with Crippen LogP contribution in [0.2, 0.25) is 0 Å². The standard InChI is InChI=1S/C18H23N5O2/c24-18(15-11-20-13-21-15)22-7-3-16-17(4-8-22)25-10-9-23(16)12-14-1-5-19-6-2-14/h1-2,5-6,11,13,16-17H,3-4,7-10,12H2,(H,20,21). The fourth-order valence-corrected chi connectivity index (χ4v) is 3.83. The third kappa shape index (κ3) is 3.57. The number of aromatic amines is 1. The molecule has 2 aliphatic heterocycles. The first-order chi connectivity index (χ1) is 12.3. The first kappa shape index (κ1) is 16.2. The highest BCUT2D eigenvalue weighted by molar-refractivity contribution is 5.92. The second-order valence-corrected chi connectivity index (χ2v) is 6.64. The summed E-state index contributed by atoms with van der Waals surface area (Å²) in [7, 11) is 0. The lowest BCUT2D eigenvalue weighted by atomic mass is 10.0. The van der Waals surface area contributed by atoms with E-state index in [4.69, 9.17) is 4.74 Å². The summed E-state index contributed by atoms with van der Waals surface area (Å²) in [5.41, 5.74) is 1.82. The largest absolute Gasteiger partial charge is 0.375 e. The molecule has 2 atom stereocenters. The van der Waals surface area contributed by atoms with Crippen LogP contribution < -0.4 is 0 Å². The number of imidazole rings is 1. The maximum Gasteiger partial charge on any atom is 0.271 e. The Kier molecular flexibility index (Phi) is 4.76. The first-order valence-electron chi connectivity index (χ1n) is 8.83. The second-order valence-electron chi connectivity index (χ2n) is 6.64. The number of fused-ring (bicyclic) bond motifs is 1. The highest BCUT2D eigenvalue weighted by Crippen LogP contribution is 2.25. The van der Waals surface area contributed by atoms with Gasteiger partial charge in [-0.3, -0.25) is 14.7 Å². The van der Waals surface area contributed by atoms with Gasteiger partial charge in [-0.25, -0.2) is 4.98 Å². The van der Waals surface area contributed by atoms with Crippen molar-refractivity contribution in [2.45, 2.75) is 31.5 Å². The molecule has 2 aromatic heterocycles. The van der Waals surface area contributed by atoms with Crippen LogP contribution in [0.1, 0.15) is 28.9 Å². The van der Waals surface area contributed by atoms with Crippen molar-refractivity contribution in [3.8, 4) is 0 Å². The molecule has 2 aliphatic rings. The SMILES string of the molecule is O=C(c1cnc[nH]1)N1CCC2OCCN(Cc3ccncc3)C2CC1. The minimum Gasteiger partial charge on any atom is -0.375 e. The zero-order valence-corrected chi connectivity index (χ0v) is 14.2. The van der Waals surface area contributed by atoms with E-state index in [9.17, 15) is 4.79 Å². The van der Waals surface area contributed by atoms with E-state index < -0.39 is 0 Å². The molecular weight excluding hydrogens is 318 g/mol. The van der Waals surface area contributed by atoms with Crippen LogP contribution in [0.5, 0.6) is 0 Å². The average molecular weight is 341 g/mol. The van der Waals surface area contributed by atoms with Gasteiger partial charge in [-0.1, -0.05) is 0 Å². The van der Waals surface area contributed by atoms with Gasteiger partial charge in [-0.2, -0.15) is 0 Å². The van der Waals surface area contributed by atoms with Crippen molar-refractivity contribution in [3.63, 3.8) is 0 Å². The number of hydrogen-bond acceptors (Lipinski definition) is 5. The summed E-state index contributed by atoms with van der Waals surface area (Å²) in [6, 6.07) is 4.48. The van der Waals surface area contributed by atoms with Gasteiger partial charge in [-0.15, -0.1) is 0 Å². The molecule has 132 valence electrons. The molecule has 2 fully saturated rings. The molecule has 2 saturated heterocycles. The Bertz CT molecular complexity index is 691. The zero-order valence-electron chi connectivity index (χ0n) is 14.2. The Morgan fingerprint density at radius 1 is 1.20 bits per heavy atom. The third-order valence-electron chi connectivity index (χ3n) is 5.14. The van der Waals surface area contributed by atoms with Crippen molar-refractivity contribution in [1.29, 1.82) is 0 Å². The number of carbonyl (C=O) groups is 1. The van der Waals surface area contributed by atoms with Crippen LogP contribution in [0.15, 0.2) is 37.1 Å². The predicted molar refractivity (Wildman–Crippen MR) is 91.9 cm³/mol. The Morgan fingerprint density at radius 2 is 2.04 bits per heavy atom. The predicted octanol–water partition coefficient (Wildman–Crippen LogP) is 1.31. The van der Waals surface area contributed by atoms with Gasteiger partial charge in [0.15, 0.2) is 0 Å². The molecule has 7 nitrogen and oxygen atoms in total. The minimum absolute atomic E-state index is 0.0248. The topological polar surface area (TPSA) is 74.3 Å². The highest BCUT2D eigenvalue weighted by atomic mass is 16.5. The van der Waals surface area contributed by atoms with Crippen LogP contribution in [0.3, 0.4) is 0 Å². The summed E-state index contributed by atoms with van der Waals surface area (Å²) >= 11 is 0. The lowest BCUT2D eigenvalue weighted by Gasteiger charge is -2.40. The number of rotatable bonds is 3. The van der Waals surface area contributed by atoms with Crippen molar-refractivity contribution in [1.82, 2.24) is 24.8 Å². The van der Waals surface area contributed by atoms with Gasteiger partial charge in [-0.05, 0) is 30.5 Å². The van der Waals surface area contributed by atoms with Crippen LogP contribution in [0, 0.1) is 0 Å². The minimum atomic E-state index is 0.0248. The van der Waals surface area contributed by atoms with Crippen molar-refractivity contribution >= 4 is 5.91 Å². The molecule has 0 aromatic carbocycles. The molecule has 7 heteroatoms. The fourth-order valence-electron chi connectivity index (χ4n) is 3.83. The van der Waals surface area contributed by atoms with Crippen molar-refractivity contribution in [3.05, 3.63) is 48.3 Å². The van der Waals surface area contributed by atoms with Gasteiger partial charge in [0.25, 0.3) is 5.91 Å². The molecule has 0 saturated carbocycles. The number of H-pyrrole nitrogens is 1. The summed E-state index contributed by atoms with van der Waals surface area (Å²) in [4.78, 5) is 27.9. The second kappa shape index (κ2) is 7.33. The summed E-state index contributed by atoms with van der Waals surface area (Å²) in [6.45, 7) is 4.05. The van der Waals surface area contributed by atoms with E-state index in [1.165, 1.54) is 5.56 Å². The molecule has 0 spiro atoms. The number of pyridine rings is 1. The van der Waals surface area contributed by atoms with Gasteiger partial charge in [0.2, 0.25) is 0 Å². The normalized spacial score (nSPS) is 24.6. The van der Waals surface area contributed by atoms with Gasteiger partial charge in [0.1, 0.15) is 5.69 Å². The summed E-state index contributed by atoms with van der Waals surface area (Å²) < 4.78 is 6.04. The Hall–Kier alpha value is -2.25. The highest BCUT2D eigenvalue weighted by Gasteiger charge is 2.35. The molecule has 1 N–H and O–H groups in total. The van der Waals surface area contributed by atoms with E-state index in [-0.39, 0.29) is 12.0 Å². The molecular formula is C18H23N5O2. The van der Waals surface area contributed by atoms with E-state index in [0.29, 0.717) is 11.7 Å². The van der Waals surface area contributed by atoms with E-state index in [1.54, 1.807) is 12.5 Å². The first-order valence-corrected chi connectivity index (χ1v) is 8.83. The average Bonchev–Trinajstić information content (AvgIpc) is 3.09. The monoisotopic (exact) mass is 341 g/mol. The van der Waals surface area contributed by atoms with Crippen LogP contribution in [-0.2, 0) is 11.3 Å². The van der Waals surface area contributed by atoms with Crippen LogP contribution in [0.4, 0.5) is 0 Å². The number of amides is 1. The number of nitrogens with zero attached hydrogens (tertiary/aromatic N) is 4. The molecule has 4 rings (SSSR count). The Balaban J connectivity index is 1.44. The number of likely N-dealkylation sites (tertiary alicyclic amines) is 1. The van der Waals surface area contributed by atoms with Gasteiger partial charge in [0, 0.05) is 44.6 Å². The summed E-state index contributed by atoms with van der Waals surface area (Å²) in [5, 5.41) is 0. The molecule has 25 heavy (non-hydrogen) atoms. The Labute approximate surface area is 147 Å². The van der Waals surface area contributed by atoms with Gasteiger partial charge >= 0.3 is 0 Å². The van der Waals surface area contributed by atoms with E-state index in [1.807, 2.05) is 17.3 Å². The van der Waals surface area contributed by atoms with Crippen molar-refractivity contribution in [2.75, 3.05) is 26.2 Å². The smallest absolute Gasteiger partial charge is 0.271 e. The van der Waals surface area contributed by atoms with E-state index in [2.05, 4.69) is 32.0 Å². The molecule has 4 heterocycles. The lowest BCUT2D eigenvalue weighted by Crippen LogP contribution is -2.50. The zero-order chi connectivity index (χ0) is 17.1. The summed E-state index contributed by atoms with van der Waals surface area (Å²) in [5.74, 6) is 0.0248. The molecule has 0 bridgehead atoms. The molecule has 2 unspecified atom stereocenters. The third-order valence-corrected chi connectivity index (χ3v) is 5.14. The quantitative estimate of drug-likeness (QED) is 0.911.